The average Bonchev–Trinajstić information content (AvgIpc) is 3.26. The van der Waals surface area contributed by atoms with Crippen LogP contribution in [0.15, 0.2) is 61.4 Å². The van der Waals surface area contributed by atoms with Crippen LogP contribution in [0.1, 0.15) is 227 Å². The lowest BCUT2D eigenvalue weighted by Crippen LogP contribution is -2.68. The molecule has 350 valence electrons. The van der Waals surface area contributed by atoms with Crippen molar-refractivity contribution in [2.75, 3.05) is 0 Å². The zero-order valence-corrected chi connectivity index (χ0v) is 45.7. The summed E-state index contributed by atoms with van der Waals surface area (Å²) in [6.07, 6.45) is 36.2. The average molecular weight is 922 g/mol. The van der Waals surface area contributed by atoms with Gasteiger partial charge in [-0.15, -0.1) is 32.9 Å². The third-order valence-electron chi connectivity index (χ3n) is 12.7. The number of hydrogen-bond donors (Lipinski definition) is 0. The van der Waals surface area contributed by atoms with E-state index in [-0.39, 0.29) is 0 Å². The van der Waals surface area contributed by atoms with Crippen molar-refractivity contribution in [3.63, 3.8) is 0 Å². The third-order valence-corrected chi connectivity index (χ3v) is 34.9. The summed E-state index contributed by atoms with van der Waals surface area (Å²) >= 11 is 0. The van der Waals surface area contributed by atoms with E-state index >= 15 is 0 Å². The van der Waals surface area contributed by atoms with Crippen molar-refractivity contribution in [3.05, 3.63) is 61.4 Å². The summed E-state index contributed by atoms with van der Waals surface area (Å²) in [5.41, 5.74) is 10.5. The van der Waals surface area contributed by atoms with Crippen molar-refractivity contribution in [2.45, 2.75) is 257 Å². The van der Waals surface area contributed by atoms with Crippen LogP contribution in [-0.4, -0.2) is 42.8 Å². The molecule has 0 aromatic rings. The summed E-state index contributed by atoms with van der Waals surface area (Å²) in [4.78, 5) is 0. The fraction of sp³-hybridized carbons (Fsp3) is 0.800. The maximum atomic E-state index is 7.83. The third kappa shape index (κ3) is 23.0. The van der Waals surface area contributed by atoms with E-state index in [1.54, 1.807) is 0 Å². The van der Waals surface area contributed by atoms with E-state index in [0.29, 0.717) is 0 Å². The van der Waals surface area contributed by atoms with Gasteiger partial charge in [-0.1, -0.05) is 256 Å². The molecule has 0 atom stereocenters. The topological polar surface area (TPSA) is 46.2 Å². The predicted molar refractivity (Wildman–Crippen MR) is 276 cm³/mol. The molecular formula is C50H100O5Si5. The van der Waals surface area contributed by atoms with E-state index in [2.05, 4.69) is 96.0 Å². The summed E-state index contributed by atoms with van der Waals surface area (Å²) in [5, 5.41) is 0. The Labute approximate surface area is 380 Å². The Morgan fingerprint density at radius 3 is 0.500 bits per heavy atom. The SMILES string of the molecule is C=C[Si]1(CCCCCCCC)O[Si](C=C)(CCCCCCCC)O[Si](C=C)(CCCCCCCC)O[Si](C=C)(CCCCCCCC)O[Si](C=C)(CCCCCCCC)O1. The minimum atomic E-state index is -3.18. The van der Waals surface area contributed by atoms with Crippen LogP contribution in [0.25, 0.3) is 0 Å². The zero-order valence-electron chi connectivity index (χ0n) is 40.7. The van der Waals surface area contributed by atoms with Crippen LogP contribution in [0.2, 0.25) is 30.2 Å². The van der Waals surface area contributed by atoms with Crippen molar-refractivity contribution in [1.29, 1.82) is 0 Å². The molecule has 1 saturated heterocycles. The molecule has 1 aliphatic heterocycles. The first-order valence-corrected chi connectivity index (χ1v) is 36.3. The van der Waals surface area contributed by atoms with E-state index < -0.39 is 42.8 Å². The van der Waals surface area contributed by atoms with E-state index in [4.69, 9.17) is 20.6 Å². The van der Waals surface area contributed by atoms with Gasteiger partial charge in [0.05, 0.1) is 0 Å². The molecule has 60 heavy (non-hydrogen) atoms. The first-order chi connectivity index (χ1) is 29.1. The van der Waals surface area contributed by atoms with E-state index in [0.717, 1.165) is 94.4 Å². The Morgan fingerprint density at radius 2 is 0.367 bits per heavy atom. The molecular weight excluding hydrogens is 821 g/mol. The first kappa shape index (κ1) is 57.6. The highest BCUT2D eigenvalue weighted by molar-refractivity contribution is 6.99. The largest absolute Gasteiger partial charge is 0.409 e. The minimum absolute atomic E-state index is 0.842. The van der Waals surface area contributed by atoms with Gasteiger partial charge in [0, 0.05) is 0 Å². The van der Waals surface area contributed by atoms with E-state index in [1.807, 2.05) is 0 Å². The second-order valence-electron chi connectivity index (χ2n) is 18.2. The summed E-state index contributed by atoms with van der Waals surface area (Å²) in [5.74, 6) is 0. The summed E-state index contributed by atoms with van der Waals surface area (Å²) in [6.45, 7) is 34.3. The smallest absolute Gasteiger partial charge is 0.347 e. The second kappa shape index (κ2) is 34.9. The minimum Gasteiger partial charge on any atom is -0.409 e. The van der Waals surface area contributed by atoms with Crippen molar-refractivity contribution in [2.24, 2.45) is 0 Å². The van der Waals surface area contributed by atoms with Gasteiger partial charge in [-0.3, -0.25) is 0 Å². The van der Waals surface area contributed by atoms with Gasteiger partial charge in [0.1, 0.15) is 0 Å². The molecule has 10 heteroatoms. The van der Waals surface area contributed by atoms with Gasteiger partial charge in [-0.2, -0.15) is 0 Å². The normalized spacial score (nSPS) is 26.1. The highest BCUT2D eigenvalue weighted by Crippen LogP contribution is 2.42. The van der Waals surface area contributed by atoms with Gasteiger partial charge >= 0.3 is 42.8 Å². The standard InChI is InChI=1S/C50H100O5Si5/c1-11-21-26-31-36-41-46-56(16-6)51-57(17-7,47-42-37-32-27-22-12-2)53-59(19-9,49-44-39-34-29-24-14-4)55-60(20-10,50-45-40-35-30-25-15-5)54-58(18-8,52-56)48-43-38-33-28-23-13-3/h16-20H,6-15,21-50H2,1-5H3. The number of hydrogen-bond acceptors (Lipinski definition) is 5. The summed E-state index contributed by atoms with van der Waals surface area (Å²) < 4.78 is 39.1. The molecule has 0 aromatic carbocycles. The number of rotatable bonds is 40. The van der Waals surface area contributed by atoms with Gasteiger partial charge in [0.2, 0.25) is 0 Å². The van der Waals surface area contributed by atoms with Crippen molar-refractivity contribution < 1.29 is 20.6 Å². The fourth-order valence-electron chi connectivity index (χ4n) is 8.76. The highest BCUT2D eigenvalue weighted by atomic mass is 28.5. The van der Waals surface area contributed by atoms with Crippen LogP contribution in [0.4, 0.5) is 0 Å². The van der Waals surface area contributed by atoms with Crippen LogP contribution in [0, 0.1) is 0 Å². The molecule has 1 heterocycles. The monoisotopic (exact) mass is 921 g/mol. The molecule has 0 radical (unpaired) electrons. The summed E-state index contributed by atoms with van der Waals surface area (Å²) in [6, 6.07) is 4.21. The van der Waals surface area contributed by atoms with Crippen molar-refractivity contribution in [1.82, 2.24) is 0 Å². The Kier molecular flexibility index (Phi) is 33.5. The maximum absolute atomic E-state index is 7.83. The predicted octanol–water partition coefficient (Wildman–Crippen LogP) is 17.7. The van der Waals surface area contributed by atoms with Crippen LogP contribution in [0.5, 0.6) is 0 Å². The molecule has 0 amide bonds. The van der Waals surface area contributed by atoms with Gasteiger partial charge in [-0.05, 0) is 30.2 Å². The van der Waals surface area contributed by atoms with Crippen molar-refractivity contribution >= 4 is 42.8 Å². The molecule has 0 bridgehead atoms. The molecule has 0 N–H and O–H groups in total. The molecule has 1 aliphatic rings. The molecule has 5 nitrogen and oxygen atoms in total. The number of unbranched alkanes of at least 4 members (excludes halogenated alkanes) is 25. The zero-order chi connectivity index (χ0) is 44.3. The van der Waals surface area contributed by atoms with Gasteiger partial charge in [0.15, 0.2) is 0 Å². The first-order valence-electron chi connectivity index (χ1n) is 25.8. The Morgan fingerprint density at radius 1 is 0.233 bits per heavy atom. The van der Waals surface area contributed by atoms with Crippen LogP contribution >= 0.6 is 0 Å². The highest BCUT2D eigenvalue weighted by Gasteiger charge is 2.59. The molecule has 1 fully saturated rings. The Balaban J connectivity index is 4.04. The van der Waals surface area contributed by atoms with Crippen LogP contribution in [0.3, 0.4) is 0 Å². The van der Waals surface area contributed by atoms with E-state index in [1.165, 1.54) is 128 Å². The quantitative estimate of drug-likeness (QED) is 0.0453. The molecule has 0 aromatic heterocycles. The fourth-order valence-corrected chi connectivity index (χ4v) is 35.3. The Bertz CT molecular complexity index is 911. The second-order valence-corrected chi connectivity index (χ2v) is 34.9. The van der Waals surface area contributed by atoms with Gasteiger partial charge in [-0.25, -0.2) is 0 Å². The lowest BCUT2D eigenvalue weighted by Gasteiger charge is -2.51. The molecule has 1 rings (SSSR count). The Hall–Kier alpha value is -0.416. The van der Waals surface area contributed by atoms with Gasteiger partial charge < -0.3 is 20.6 Å². The van der Waals surface area contributed by atoms with Crippen LogP contribution < -0.4 is 0 Å². The maximum Gasteiger partial charge on any atom is 0.347 e. The van der Waals surface area contributed by atoms with Crippen LogP contribution in [-0.2, 0) is 20.6 Å². The van der Waals surface area contributed by atoms with E-state index in [9.17, 15) is 0 Å². The lowest BCUT2D eigenvalue weighted by molar-refractivity contribution is 0.232. The molecule has 0 saturated carbocycles. The molecule has 0 spiro atoms. The lowest BCUT2D eigenvalue weighted by atomic mass is 10.1. The van der Waals surface area contributed by atoms with Crippen molar-refractivity contribution in [3.8, 4) is 0 Å². The van der Waals surface area contributed by atoms with Gasteiger partial charge in [0.25, 0.3) is 0 Å². The molecule has 0 unspecified atom stereocenters. The molecule has 0 aliphatic carbocycles. The summed E-state index contributed by atoms with van der Waals surface area (Å²) in [7, 11) is -15.9.